The first kappa shape index (κ1) is 124. The molecule has 0 spiro atoms. The average Bonchev–Trinajstić information content (AvgIpc) is 1.55. The molecule has 8 nitrogen and oxygen atoms in total. The van der Waals surface area contributed by atoms with Gasteiger partial charge in [0.15, 0.2) is 0 Å². The molecule has 4 aliphatic heterocycles. The molecule has 8 aromatic heterocycles. The number of carbonyl (C=O) groups is 4. The average molecular weight is 2360 g/mol. The number of hydrogen-bond donors (Lipinski definition) is 0. The number of thiophene rings is 8. The number of rotatable bonds is 78. The molecule has 145 heavy (non-hydrogen) atoms. The van der Waals surface area contributed by atoms with Crippen LogP contribution in [0.15, 0.2) is 103 Å². The molecule has 0 aromatic carbocycles. The van der Waals surface area contributed by atoms with Crippen LogP contribution in [0.25, 0.3) is 51.3 Å². The van der Waals surface area contributed by atoms with Gasteiger partial charge in [-0.05, 0) is 181 Å². The van der Waals surface area contributed by atoms with Crippen molar-refractivity contribution >= 4 is 209 Å². The number of nitrogens with zero attached hydrogens (tertiary/aromatic N) is 4. The Kier molecular flexibility index (Phi) is 59.3. The van der Waals surface area contributed by atoms with Crippen LogP contribution in [0, 0.1) is 44.4 Å². The van der Waals surface area contributed by atoms with E-state index < -0.39 is 18.4 Å². The summed E-state index contributed by atoms with van der Waals surface area (Å²) < 4.78 is 9.46. The summed E-state index contributed by atoms with van der Waals surface area (Å²) >= 11 is 20.3. The first-order chi connectivity index (χ1) is 70.6. The van der Waals surface area contributed by atoms with Crippen LogP contribution >= 0.6 is 123 Å². The summed E-state index contributed by atoms with van der Waals surface area (Å²) in [7, 11) is 0. The topological polar surface area (TPSA) is 81.2 Å². The third-order valence-corrected chi connectivity index (χ3v) is 50.3. The van der Waals surface area contributed by atoms with Crippen LogP contribution in [-0.4, -0.2) is 87.8 Å². The summed E-state index contributed by atoms with van der Waals surface area (Å²) in [5.41, 5.74) is 6.18. The van der Waals surface area contributed by atoms with E-state index in [9.17, 15) is 0 Å². The van der Waals surface area contributed by atoms with Crippen molar-refractivity contribution in [2.24, 2.45) is 23.7 Å². The van der Waals surface area contributed by atoms with Crippen molar-refractivity contribution in [3.05, 3.63) is 137 Å². The minimum absolute atomic E-state index is 0.0364. The Morgan fingerprint density at radius 1 is 0.228 bits per heavy atom. The van der Waals surface area contributed by atoms with Gasteiger partial charge in [-0.25, -0.2) is 0 Å². The number of carbonyl (C=O) groups excluding carboxylic acids is 4. The summed E-state index contributed by atoms with van der Waals surface area (Å²) in [6.07, 6.45) is 81.9. The third kappa shape index (κ3) is 40.5. The molecule has 0 aliphatic carbocycles. The van der Waals surface area contributed by atoms with Crippen molar-refractivity contribution < 1.29 is 19.2 Å². The molecule has 0 N–H and O–H groups in total. The van der Waals surface area contributed by atoms with Gasteiger partial charge in [-0.15, -0.1) is 68.0 Å². The van der Waals surface area contributed by atoms with Gasteiger partial charge in [-0.3, -0.25) is 19.2 Å². The molecule has 4 atom stereocenters. The third-order valence-electron chi connectivity index (χ3n) is 30.9. The van der Waals surface area contributed by atoms with Gasteiger partial charge in [0.1, 0.15) is 0 Å². The standard InChI is InChI=1S/C62H94N2O2S4.C54H86Br2N2O2S2.C7H5S2.3CH3.Sn/c1-7-11-15-19-23-25-29-33-37-49(35-31-27-21-17-13-9-3)45-63-59(52-40-39-47(5)67-52)57-58(62(63)66)60(53-42-41-51(69-53)55-44-56-54(70-55)43-48(6)68-56)64(61(57)65)46-50(36-32-28-22-18-14-10-4)38-34-30-26-24-20-16-12-8-2;1-5-9-13-17-21-23-27-31-35-43(33-29-25-19-15-11-7-3)41-57-51(45-37-39-47(55)61-45)49-50(53(57)59)52(46-38-40-48(56)62-46)58(54(49)60)42-44(34-30-26-20-16-12-8-4)36-32-28-24-22-18-14-10-6-2;1-5-4-7-6(9-5)2-3-8-7;;;;/h39-44,49-50H,7-38,45-46H2,1-6H3;37-40,43-44H,5-36,41-42H2,1-4H3;2,4H,1H3;3*1H3;. The van der Waals surface area contributed by atoms with E-state index in [4.69, 9.17) is 0 Å². The van der Waals surface area contributed by atoms with E-state index in [-0.39, 0.29) is 23.6 Å². The van der Waals surface area contributed by atoms with Crippen molar-refractivity contribution in [3.63, 3.8) is 0 Å². The Labute approximate surface area is 936 Å². The van der Waals surface area contributed by atoms with Crippen LogP contribution in [0.1, 0.15) is 500 Å². The Bertz CT molecular complexity index is 5000. The summed E-state index contributed by atoms with van der Waals surface area (Å²) in [5, 5.41) is 0. The second-order valence-electron chi connectivity index (χ2n) is 44.7. The number of amides is 4. The molecule has 0 fully saturated rings. The maximum absolute atomic E-state index is 15.7. The summed E-state index contributed by atoms with van der Waals surface area (Å²) in [6.45, 7) is 27.7. The zero-order valence-electron chi connectivity index (χ0n) is 93.3. The van der Waals surface area contributed by atoms with Crippen LogP contribution in [0.2, 0.25) is 14.8 Å². The van der Waals surface area contributed by atoms with E-state index in [1.54, 1.807) is 48.2 Å². The SMILES string of the molecule is CCCCCCCCCCC(CCCCCCCC)CN1C(=O)C2=C(c3ccc(-c4cc5sc(C)cc5s4)s3)N(CC(CCCCCCCC)CCCCCCCCCC)C(=O)C2=C1c1ccc(C)s1.CCCCCCCCCCC(CCCCCCCC)CN1C(=O)C2=C(c3ccc(Br)s3)N(CC(CCCCCCCC)CCCCCCCCCC)C(=O)C2=C1c1ccc(Br)s1.Cc1cc2s[c]([Sn]([CH3])([CH3])[CH3])cc2s1. The molecule has 12 rings (SSSR count). The van der Waals surface area contributed by atoms with E-state index >= 15 is 19.2 Å². The van der Waals surface area contributed by atoms with Crippen molar-refractivity contribution in [2.45, 2.75) is 502 Å². The molecule has 8 aromatic rings. The van der Waals surface area contributed by atoms with Crippen LogP contribution < -0.4 is 2.89 Å². The fourth-order valence-corrected chi connectivity index (χ4v) is 37.6. The van der Waals surface area contributed by atoms with E-state index in [0.29, 0.717) is 72.1 Å². The predicted molar refractivity (Wildman–Crippen MR) is 658 cm³/mol. The monoisotopic (exact) mass is 2360 g/mol. The van der Waals surface area contributed by atoms with E-state index in [2.05, 4.69) is 215 Å². The predicted octanol–water partition coefficient (Wildman–Crippen LogP) is 43.7. The van der Waals surface area contributed by atoms with Crippen molar-refractivity contribution in [3.8, 4) is 9.75 Å². The fraction of sp³-hybridized carbons (Fsp3) is 0.683. The second-order valence-corrected chi connectivity index (χ2v) is 72.2. The molecule has 19 heteroatoms. The van der Waals surface area contributed by atoms with Gasteiger partial charge < -0.3 is 19.6 Å². The Hall–Kier alpha value is -3.28. The molecule has 0 radical (unpaired) electrons. The molecular weight excluding hydrogens is 2170 g/mol. The van der Waals surface area contributed by atoms with Crippen molar-refractivity contribution in [1.29, 1.82) is 0 Å². The molecule has 0 saturated heterocycles. The second kappa shape index (κ2) is 69.6. The summed E-state index contributed by atoms with van der Waals surface area (Å²) in [4.78, 5) is 88.5. The quantitative estimate of drug-likeness (QED) is 0.0281. The first-order valence-electron chi connectivity index (χ1n) is 59.5. The molecule has 808 valence electrons. The number of aryl methyl sites for hydroxylation is 3. The van der Waals surface area contributed by atoms with Gasteiger partial charge in [-0.2, -0.15) is 0 Å². The van der Waals surface area contributed by atoms with Gasteiger partial charge in [0.2, 0.25) is 0 Å². The fourth-order valence-electron chi connectivity index (χ4n) is 22.4. The van der Waals surface area contributed by atoms with Crippen LogP contribution in [0.3, 0.4) is 0 Å². The molecule has 0 saturated carbocycles. The summed E-state index contributed by atoms with van der Waals surface area (Å²) in [6, 6.07) is 26.7. The van der Waals surface area contributed by atoms with Gasteiger partial charge >= 0.3 is 92.1 Å². The summed E-state index contributed by atoms with van der Waals surface area (Å²) in [5.74, 6) is 1.85. The molecule has 12 heterocycles. The van der Waals surface area contributed by atoms with Crippen LogP contribution in [0.4, 0.5) is 0 Å². The van der Waals surface area contributed by atoms with Crippen LogP contribution in [0.5, 0.6) is 0 Å². The van der Waals surface area contributed by atoms with E-state index in [1.807, 2.05) is 45.3 Å². The van der Waals surface area contributed by atoms with Gasteiger partial charge in [0.05, 0.1) is 72.2 Å². The van der Waals surface area contributed by atoms with E-state index in [0.717, 1.165) is 101 Å². The number of unbranched alkanes of at least 4 members (excludes halogenated alkanes) is 48. The first-order valence-corrected chi connectivity index (χ1v) is 77.6. The van der Waals surface area contributed by atoms with Crippen LogP contribution in [-0.2, 0) is 19.2 Å². The number of halogens is 2. The minimum atomic E-state index is -1.78. The Morgan fingerprint density at radius 3 is 0.683 bits per heavy atom. The molecule has 4 amide bonds. The van der Waals surface area contributed by atoms with Crippen molar-refractivity contribution in [1.82, 2.24) is 19.6 Å². The number of fused-ring (bicyclic) bond motifs is 4. The normalized spacial score (nSPS) is 14.9. The maximum atomic E-state index is 15.7. The van der Waals surface area contributed by atoms with Gasteiger partial charge in [0.25, 0.3) is 23.6 Å². The molecular formula is C126H194Br2N4O4S8Sn. The zero-order chi connectivity index (χ0) is 104. The van der Waals surface area contributed by atoms with Gasteiger partial charge in [-0.1, -0.05) is 415 Å². The molecule has 4 aliphatic rings. The van der Waals surface area contributed by atoms with Crippen molar-refractivity contribution in [2.75, 3.05) is 26.2 Å². The molecule has 0 bridgehead atoms. The number of hydrogen-bond acceptors (Lipinski definition) is 12. The van der Waals surface area contributed by atoms with Gasteiger partial charge in [0, 0.05) is 55.1 Å². The molecule has 4 unspecified atom stereocenters. The van der Waals surface area contributed by atoms with E-state index in [1.165, 1.54) is 403 Å². The Morgan fingerprint density at radius 2 is 0.448 bits per heavy atom. The zero-order valence-corrected chi connectivity index (χ0v) is 106. The Balaban J connectivity index is 0.000000264.